The van der Waals surface area contributed by atoms with Gasteiger partial charge in [-0.3, -0.25) is 4.79 Å². The van der Waals surface area contributed by atoms with Gasteiger partial charge in [0, 0.05) is 21.7 Å². The average molecular weight is 397 g/mol. The van der Waals surface area contributed by atoms with Crippen LogP contribution in [0, 0.1) is 0 Å². The lowest BCUT2D eigenvalue weighted by Gasteiger charge is -2.02. The predicted molar refractivity (Wildman–Crippen MR) is 110 cm³/mol. The third-order valence-corrected chi connectivity index (χ3v) is 4.88. The molecule has 0 aliphatic rings. The van der Waals surface area contributed by atoms with E-state index in [1.807, 2.05) is 42.5 Å². The number of anilines is 2. The van der Waals surface area contributed by atoms with Crippen LogP contribution in [-0.2, 0) is 0 Å². The lowest BCUT2D eigenvalue weighted by Crippen LogP contribution is -2.03. The van der Waals surface area contributed by atoms with Crippen LogP contribution >= 0.6 is 23.2 Å². The molecule has 0 fully saturated rings. The third kappa shape index (κ3) is 3.14. The van der Waals surface area contributed by atoms with E-state index in [0.29, 0.717) is 21.7 Å². The summed E-state index contributed by atoms with van der Waals surface area (Å²) in [5, 5.41) is 1.35. The minimum absolute atomic E-state index is 0.0546. The Kier molecular flexibility index (Phi) is 4.30. The van der Waals surface area contributed by atoms with Gasteiger partial charge in [0.25, 0.3) is 0 Å². The number of rotatable bonds is 3. The van der Waals surface area contributed by atoms with Crippen LogP contribution in [0.2, 0.25) is 10.0 Å². The van der Waals surface area contributed by atoms with Crippen molar-refractivity contribution >= 4 is 51.3 Å². The Hall–Kier alpha value is -2.95. The molecule has 1 aromatic heterocycles. The van der Waals surface area contributed by atoms with Gasteiger partial charge in [0.05, 0.1) is 10.7 Å². The summed E-state index contributed by atoms with van der Waals surface area (Å²) in [6.45, 7) is 0. The van der Waals surface area contributed by atoms with Gasteiger partial charge in [-0.05, 0) is 53.6 Å². The number of nitrogens with two attached hydrogens (primary N) is 2. The molecule has 0 saturated carbocycles. The van der Waals surface area contributed by atoms with E-state index in [-0.39, 0.29) is 22.0 Å². The molecule has 0 saturated heterocycles. The molecule has 6 heteroatoms. The van der Waals surface area contributed by atoms with Crippen molar-refractivity contribution in [3.05, 3.63) is 82.0 Å². The standard InChI is InChI=1S/C21H14Cl2N2O2/c22-13-5-7-15(17(23)10-13)20(26)21-19(25)16-6-4-12(9-18(16)27-21)11-2-1-3-14(24)8-11/h1-10H,24-25H2. The van der Waals surface area contributed by atoms with Gasteiger partial charge in [-0.1, -0.05) is 41.4 Å². The van der Waals surface area contributed by atoms with Crippen molar-refractivity contribution in [1.29, 1.82) is 0 Å². The van der Waals surface area contributed by atoms with Crippen LogP contribution in [0.4, 0.5) is 11.4 Å². The molecule has 4 nitrogen and oxygen atoms in total. The fraction of sp³-hybridized carbons (Fsp3) is 0. The van der Waals surface area contributed by atoms with Crippen molar-refractivity contribution in [3.8, 4) is 11.1 Å². The summed E-state index contributed by atoms with van der Waals surface area (Å²) in [6, 6.07) is 17.7. The lowest BCUT2D eigenvalue weighted by molar-refractivity contribution is 0.101. The maximum absolute atomic E-state index is 12.9. The molecule has 4 N–H and O–H groups in total. The topological polar surface area (TPSA) is 82.2 Å². The second kappa shape index (κ2) is 6.65. The van der Waals surface area contributed by atoms with Crippen molar-refractivity contribution in [2.75, 3.05) is 11.5 Å². The zero-order valence-electron chi connectivity index (χ0n) is 14.0. The highest BCUT2D eigenvalue weighted by atomic mass is 35.5. The number of furan rings is 1. The highest BCUT2D eigenvalue weighted by Gasteiger charge is 2.22. The van der Waals surface area contributed by atoms with Crippen LogP contribution in [0.25, 0.3) is 22.1 Å². The summed E-state index contributed by atoms with van der Waals surface area (Å²) in [5.74, 6) is -0.338. The molecule has 0 unspecified atom stereocenters. The van der Waals surface area contributed by atoms with Gasteiger partial charge < -0.3 is 15.9 Å². The first-order valence-electron chi connectivity index (χ1n) is 8.12. The number of hydrogen-bond donors (Lipinski definition) is 2. The van der Waals surface area contributed by atoms with Crippen LogP contribution < -0.4 is 11.5 Å². The quantitative estimate of drug-likeness (QED) is 0.338. The van der Waals surface area contributed by atoms with E-state index in [1.165, 1.54) is 6.07 Å². The Morgan fingerprint density at radius 2 is 1.67 bits per heavy atom. The highest BCUT2D eigenvalue weighted by Crippen LogP contribution is 2.34. The van der Waals surface area contributed by atoms with E-state index < -0.39 is 5.78 Å². The van der Waals surface area contributed by atoms with Crippen LogP contribution in [0.5, 0.6) is 0 Å². The monoisotopic (exact) mass is 396 g/mol. The van der Waals surface area contributed by atoms with E-state index in [0.717, 1.165) is 11.1 Å². The van der Waals surface area contributed by atoms with Crippen molar-refractivity contribution in [1.82, 2.24) is 0 Å². The van der Waals surface area contributed by atoms with Crippen molar-refractivity contribution in [3.63, 3.8) is 0 Å². The number of benzene rings is 3. The number of hydrogen-bond acceptors (Lipinski definition) is 4. The van der Waals surface area contributed by atoms with E-state index >= 15 is 0 Å². The molecule has 0 amide bonds. The summed E-state index contributed by atoms with van der Waals surface area (Å²) < 4.78 is 5.80. The molecule has 0 bridgehead atoms. The Labute approximate surface area is 165 Å². The minimum Gasteiger partial charge on any atom is -0.450 e. The van der Waals surface area contributed by atoms with E-state index in [1.54, 1.807) is 12.1 Å². The molecule has 4 rings (SSSR count). The Morgan fingerprint density at radius 1 is 0.889 bits per heavy atom. The second-order valence-electron chi connectivity index (χ2n) is 6.13. The normalized spacial score (nSPS) is 11.0. The van der Waals surface area contributed by atoms with Crippen LogP contribution in [0.1, 0.15) is 16.1 Å². The van der Waals surface area contributed by atoms with Gasteiger partial charge in [-0.25, -0.2) is 0 Å². The van der Waals surface area contributed by atoms with Gasteiger partial charge >= 0.3 is 0 Å². The Morgan fingerprint density at radius 3 is 2.41 bits per heavy atom. The van der Waals surface area contributed by atoms with E-state index in [4.69, 9.17) is 39.1 Å². The smallest absolute Gasteiger partial charge is 0.231 e. The summed E-state index contributed by atoms with van der Waals surface area (Å²) in [4.78, 5) is 12.9. The summed E-state index contributed by atoms with van der Waals surface area (Å²) >= 11 is 12.0. The zero-order valence-corrected chi connectivity index (χ0v) is 15.5. The summed E-state index contributed by atoms with van der Waals surface area (Å²) in [7, 11) is 0. The molecule has 1 heterocycles. The second-order valence-corrected chi connectivity index (χ2v) is 6.98. The molecular weight excluding hydrogens is 383 g/mol. The van der Waals surface area contributed by atoms with E-state index in [2.05, 4.69) is 0 Å². The molecule has 0 aliphatic carbocycles. The molecule has 0 aliphatic heterocycles. The van der Waals surface area contributed by atoms with Crippen LogP contribution in [0.15, 0.2) is 65.1 Å². The fourth-order valence-electron chi connectivity index (χ4n) is 2.98. The molecule has 0 spiro atoms. The van der Waals surface area contributed by atoms with Crippen molar-refractivity contribution in [2.45, 2.75) is 0 Å². The maximum atomic E-state index is 12.9. The number of carbonyl (C=O) groups excluding carboxylic acids is 1. The molecule has 3 aromatic carbocycles. The first-order valence-corrected chi connectivity index (χ1v) is 8.87. The SMILES string of the molecule is Nc1cccc(-c2ccc3c(N)c(C(=O)c4ccc(Cl)cc4Cl)oc3c2)c1. The Bertz CT molecular complexity index is 1200. The molecular formula is C21H14Cl2N2O2. The highest BCUT2D eigenvalue weighted by molar-refractivity contribution is 6.37. The third-order valence-electron chi connectivity index (χ3n) is 4.33. The number of halogens is 2. The minimum atomic E-state index is -0.393. The van der Waals surface area contributed by atoms with Gasteiger partial charge in [-0.15, -0.1) is 0 Å². The molecule has 0 radical (unpaired) electrons. The van der Waals surface area contributed by atoms with Crippen molar-refractivity contribution in [2.24, 2.45) is 0 Å². The lowest BCUT2D eigenvalue weighted by atomic mass is 10.0. The average Bonchev–Trinajstić information content (AvgIpc) is 2.97. The predicted octanol–water partition coefficient (Wildman–Crippen LogP) is 5.80. The van der Waals surface area contributed by atoms with Gasteiger partial charge in [0.1, 0.15) is 5.58 Å². The van der Waals surface area contributed by atoms with Gasteiger partial charge in [0.2, 0.25) is 5.78 Å². The fourth-order valence-corrected chi connectivity index (χ4v) is 3.47. The number of carbonyl (C=O) groups is 1. The zero-order chi connectivity index (χ0) is 19.1. The van der Waals surface area contributed by atoms with E-state index in [9.17, 15) is 4.79 Å². The number of nitrogen functional groups attached to an aromatic ring is 2. The van der Waals surface area contributed by atoms with Crippen LogP contribution in [0.3, 0.4) is 0 Å². The number of ketones is 1. The summed E-state index contributed by atoms with van der Waals surface area (Å²) in [6.07, 6.45) is 0. The molecule has 27 heavy (non-hydrogen) atoms. The van der Waals surface area contributed by atoms with Gasteiger partial charge in [-0.2, -0.15) is 0 Å². The molecule has 134 valence electrons. The Balaban J connectivity index is 1.81. The van der Waals surface area contributed by atoms with Crippen LogP contribution in [-0.4, -0.2) is 5.78 Å². The first kappa shape index (κ1) is 17.5. The summed E-state index contributed by atoms with van der Waals surface area (Å²) in [5.41, 5.74) is 15.6. The van der Waals surface area contributed by atoms with Gasteiger partial charge in [0.15, 0.2) is 5.76 Å². The molecule has 0 atom stereocenters. The largest absolute Gasteiger partial charge is 0.450 e. The van der Waals surface area contributed by atoms with Crippen molar-refractivity contribution < 1.29 is 9.21 Å². The molecule has 4 aromatic rings. The number of fused-ring (bicyclic) bond motifs is 1. The first-order chi connectivity index (χ1) is 12.9. The maximum Gasteiger partial charge on any atom is 0.231 e.